The van der Waals surface area contributed by atoms with Gasteiger partial charge in [0, 0.05) is 0 Å². The van der Waals surface area contributed by atoms with Crippen molar-refractivity contribution >= 4 is 18.9 Å². The van der Waals surface area contributed by atoms with Crippen LogP contribution in [0.1, 0.15) is 0 Å². The van der Waals surface area contributed by atoms with E-state index in [2.05, 4.69) is 11.5 Å². The number of nitrogens with one attached hydrogen (secondary N) is 1. The number of guanidine groups is 1. The Balaban J connectivity index is -0.0000000787. The molecule has 10 heavy (non-hydrogen) atoms. The lowest BCUT2D eigenvalue weighted by Gasteiger charge is -1.69. The summed E-state index contributed by atoms with van der Waals surface area (Å²) < 4.78 is 0. The van der Waals surface area contributed by atoms with Crippen molar-refractivity contribution in [1.29, 1.82) is 5.41 Å². The van der Waals surface area contributed by atoms with Crippen LogP contribution in [0, 0.1) is 5.41 Å². The summed E-state index contributed by atoms with van der Waals surface area (Å²) in [7, 11) is 0. The van der Waals surface area contributed by atoms with Gasteiger partial charge in [-0.05, 0) is 0 Å². The Kier molecular flexibility index (Phi) is 24.7. The van der Waals surface area contributed by atoms with Gasteiger partial charge in [-0.25, -0.2) is 4.79 Å². The zero-order valence-electron chi connectivity index (χ0n) is 5.07. The molecule has 0 aromatic heterocycles. The smallest absolute Gasteiger partial charge is 0.450 e. The topological polar surface area (TPSA) is 150 Å². The van der Waals surface area contributed by atoms with Gasteiger partial charge in [-0.3, -0.25) is 5.41 Å². The van der Waals surface area contributed by atoms with Gasteiger partial charge in [0.1, 0.15) is 6.79 Å². The van der Waals surface area contributed by atoms with E-state index >= 15 is 0 Å². The van der Waals surface area contributed by atoms with Gasteiger partial charge < -0.3 is 26.5 Å². The third-order valence-electron chi connectivity index (χ3n) is 0. The molecule has 0 aliphatic heterocycles. The molecular weight excluding hydrogens is 142 g/mol. The minimum absolute atomic E-state index is 0.333. The van der Waals surface area contributed by atoms with Crippen LogP contribution < -0.4 is 11.5 Å². The molecule has 0 spiro atoms. The molecule has 0 unspecified atom stereocenters. The molecule has 7 heteroatoms. The predicted octanol–water partition coefficient (Wildman–Crippen LogP) is -1.12. The Labute approximate surface area is 56.8 Å². The van der Waals surface area contributed by atoms with Crippen LogP contribution in [-0.4, -0.2) is 29.1 Å². The average molecular weight is 151 g/mol. The van der Waals surface area contributed by atoms with Crippen molar-refractivity contribution in [2.24, 2.45) is 11.5 Å². The van der Waals surface area contributed by atoms with Crippen molar-refractivity contribution in [1.82, 2.24) is 0 Å². The fourth-order valence-corrected chi connectivity index (χ4v) is 0. The molecule has 0 fully saturated rings. The van der Waals surface area contributed by atoms with E-state index in [1.165, 1.54) is 0 Å². The van der Waals surface area contributed by atoms with Gasteiger partial charge in [0.25, 0.3) is 0 Å². The summed E-state index contributed by atoms with van der Waals surface area (Å²) >= 11 is 0. The molecule has 7 nitrogen and oxygen atoms in total. The van der Waals surface area contributed by atoms with E-state index in [0.29, 0.717) is 0 Å². The molecule has 0 atom stereocenters. The number of hydrogen-bond donors (Lipinski definition) is 5. The van der Waals surface area contributed by atoms with Crippen molar-refractivity contribution < 1.29 is 19.8 Å². The zero-order valence-corrected chi connectivity index (χ0v) is 5.07. The molecule has 0 bridgehead atoms. The summed E-state index contributed by atoms with van der Waals surface area (Å²) in [6, 6.07) is 0. The first-order chi connectivity index (χ1) is 4.46. The molecule has 0 aliphatic rings. The third-order valence-corrected chi connectivity index (χ3v) is 0. The molecule has 0 heterocycles. The Morgan fingerprint density at radius 1 is 1.30 bits per heavy atom. The first kappa shape index (κ1) is 15.7. The van der Waals surface area contributed by atoms with Gasteiger partial charge in [0.2, 0.25) is 0 Å². The maximum atomic E-state index is 8.56. The summed E-state index contributed by atoms with van der Waals surface area (Å²) in [4.78, 5) is 16.6. The van der Waals surface area contributed by atoms with E-state index in [1.807, 2.05) is 6.79 Å². The SMILES string of the molecule is C=O.N=C(N)N.O=C(O)O. The van der Waals surface area contributed by atoms with E-state index in [9.17, 15) is 0 Å². The fraction of sp³-hybridized carbons (Fsp3) is 0. The monoisotopic (exact) mass is 151 g/mol. The number of carboxylic acid groups (broad SMARTS) is 2. The summed E-state index contributed by atoms with van der Waals surface area (Å²) in [6.07, 6.45) is -1.83. The molecule has 7 N–H and O–H groups in total. The molecule has 0 saturated carbocycles. The van der Waals surface area contributed by atoms with Gasteiger partial charge in [-0.15, -0.1) is 0 Å². The Morgan fingerprint density at radius 3 is 1.30 bits per heavy atom. The van der Waals surface area contributed by atoms with Gasteiger partial charge in [0.05, 0.1) is 0 Å². The summed E-state index contributed by atoms with van der Waals surface area (Å²) in [6.45, 7) is 2.00. The van der Waals surface area contributed by atoms with Crippen molar-refractivity contribution in [3.8, 4) is 0 Å². The highest BCUT2D eigenvalue weighted by atomic mass is 16.6. The lowest BCUT2D eigenvalue weighted by atomic mass is 11.1. The fourth-order valence-electron chi connectivity index (χ4n) is 0. The molecule has 0 amide bonds. The predicted molar refractivity (Wildman–Crippen MR) is 33.9 cm³/mol. The minimum atomic E-state index is -1.83. The second-order valence-corrected chi connectivity index (χ2v) is 0.738. The largest absolute Gasteiger partial charge is 0.503 e. The van der Waals surface area contributed by atoms with Crippen LogP contribution in [0.25, 0.3) is 0 Å². The second-order valence-electron chi connectivity index (χ2n) is 0.738. The number of nitrogens with two attached hydrogens (primary N) is 2. The molecule has 60 valence electrons. The number of carbonyl (C=O) groups is 2. The number of hydrogen-bond acceptors (Lipinski definition) is 3. The highest BCUT2D eigenvalue weighted by molar-refractivity contribution is 5.71. The van der Waals surface area contributed by atoms with Crippen molar-refractivity contribution in [3.63, 3.8) is 0 Å². The van der Waals surface area contributed by atoms with Crippen molar-refractivity contribution in [2.45, 2.75) is 0 Å². The summed E-state index contributed by atoms with van der Waals surface area (Å²) in [5.74, 6) is -0.333. The first-order valence-electron chi connectivity index (χ1n) is 1.77. The van der Waals surface area contributed by atoms with Gasteiger partial charge in [0.15, 0.2) is 5.96 Å². The molecule has 0 rings (SSSR count). The van der Waals surface area contributed by atoms with E-state index in [0.717, 1.165) is 0 Å². The summed E-state index contributed by atoms with van der Waals surface area (Å²) in [5, 5.41) is 20.0. The minimum Gasteiger partial charge on any atom is -0.450 e. The Bertz CT molecular complexity index is 83.9. The second kappa shape index (κ2) is 15.7. The standard InChI is InChI=1S/CH5N3.CH2O3.CH2O/c2*2-1(3)4;1-2/h(H5,2,3,4);(H2,2,3,4);1H2. The van der Waals surface area contributed by atoms with Crippen LogP contribution in [0.2, 0.25) is 0 Å². The highest BCUT2D eigenvalue weighted by Crippen LogP contribution is 1.42. The lowest BCUT2D eigenvalue weighted by Crippen LogP contribution is -2.20. The van der Waals surface area contributed by atoms with Gasteiger partial charge in [-0.1, -0.05) is 0 Å². The van der Waals surface area contributed by atoms with Crippen LogP contribution >= 0.6 is 0 Å². The van der Waals surface area contributed by atoms with Crippen molar-refractivity contribution in [3.05, 3.63) is 0 Å². The van der Waals surface area contributed by atoms with E-state index < -0.39 is 6.16 Å². The van der Waals surface area contributed by atoms with E-state index in [-0.39, 0.29) is 5.96 Å². The van der Waals surface area contributed by atoms with Crippen LogP contribution in [-0.2, 0) is 4.79 Å². The van der Waals surface area contributed by atoms with Crippen LogP contribution in [0.3, 0.4) is 0 Å². The Morgan fingerprint density at radius 2 is 1.30 bits per heavy atom. The van der Waals surface area contributed by atoms with E-state index in [4.69, 9.17) is 25.2 Å². The maximum absolute atomic E-state index is 8.56. The zero-order chi connectivity index (χ0) is 9.15. The van der Waals surface area contributed by atoms with Gasteiger partial charge in [-0.2, -0.15) is 0 Å². The highest BCUT2D eigenvalue weighted by Gasteiger charge is 1.70. The first-order valence-corrected chi connectivity index (χ1v) is 1.77. The molecule has 0 aliphatic carbocycles. The van der Waals surface area contributed by atoms with Crippen LogP contribution in [0.5, 0.6) is 0 Å². The molecule has 0 saturated heterocycles. The number of rotatable bonds is 0. The van der Waals surface area contributed by atoms with Gasteiger partial charge >= 0.3 is 6.16 Å². The molecule has 0 aromatic rings. The summed E-state index contributed by atoms with van der Waals surface area (Å²) in [5.41, 5.74) is 8.94. The van der Waals surface area contributed by atoms with Crippen LogP contribution in [0.4, 0.5) is 4.79 Å². The molecular formula is C3H9N3O4. The van der Waals surface area contributed by atoms with Crippen molar-refractivity contribution in [2.75, 3.05) is 0 Å². The normalized spacial score (nSPS) is 5.20. The van der Waals surface area contributed by atoms with E-state index in [1.54, 1.807) is 0 Å². The molecule has 0 radical (unpaired) electrons. The quantitative estimate of drug-likeness (QED) is 0.218. The molecule has 0 aromatic carbocycles. The lowest BCUT2D eigenvalue weighted by molar-refractivity contribution is -0.0980. The maximum Gasteiger partial charge on any atom is 0.503 e. The Hall–Kier alpha value is -1.79. The average Bonchev–Trinajstić information content (AvgIpc) is 1.66. The number of carbonyl (C=O) groups excluding carboxylic acids is 1. The third kappa shape index (κ3) is 52.6. The van der Waals surface area contributed by atoms with Crippen LogP contribution in [0.15, 0.2) is 0 Å².